The molecule has 1 rings (SSSR count). The second-order valence-electron chi connectivity index (χ2n) is 4.13. The summed E-state index contributed by atoms with van der Waals surface area (Å²) in [5.74, 6) is -1.57. The van der Waals surface area contributed by atoms with Gasteiger partial charge in [-0.05, 0) is 17.5 Å². The Kier molecular flexibility index (Phi) is 4.34. The van der Waals surface area contributed by atoms with Crippen LogP contribution in [0.5, 0.6) is 0 Å². The van der Waals surface area contributed by atoms with Crippen LogP contribution in [-0.4, -0.2) is 22.4 Å². The van der Waals surface area contributed by atoms with Gasteiger partial charge in [-0.25, -0.2) is 0 Å². The summed E-state index contributed by atoms with van der Waals surface area (Å²) < 4.78 is 36.7. The van der Waals surface area contributed by atoms with Crippen LogP contribution in [0.4, 0.5) is 13.2 Å². The van der Waals surface area contributed by atoms with Gasteiger partial charge in [0.25, 0.3) is 0 Å². The molecule has 2 N–H and O–H groups in total. The first-order chi connectivity index (χ1) is 8.21. The lowest BCUT2D eigenvalue weighted by Gasteiger charge is -2.15. The molecule has 3 nitrogen and oxygen atoms in total. The SMILES string of the molecule is CC(Cc1ccc(C(O)C(F)(F)F)cc1)C(=O)O. The number of aliphatic hydroxyl groups is 1. The van der Waals surface area contributed by atoms with Crippen molar-refractivity contribution < 1.29 is 28.2 Å². The van der Waals surface area contributed by atoms with Crippen molar-refractivity contribution in [2.24, 2.45) is 5.92 Å². The van der Waals surface area contributed by atoms with Crippen LogP contribution in [0.25, 0.3) is 0 Å². The number of carbonyl (C=O) groups is 1. The minimum atomic E-state index is -4.70. The number of hydrogen-bond donors (Lipinski definition) is 2. The van der Waals surface area contributed by atoms with Crippen LogP contribution >= 0.6 is 0 Å². The molecular formula is C12H13F3O3. The smallest absolute Gasteiger partial charge is 0.418 e. The molecule has 0 aliphatic carbocycles. The maximum Gasteiger partial charge on any atom is 0.418 e. The van der Waals surface area contributed by atoms with Crippen molar-refractivity contribution in [1.29, 1.82) is 0 Å². The highest BCUT2D eigenvalue weighted by Gasteiger charge is 2.39. The first kappa shape index (κ1) is 14.5. The monoisotopic (exact) mass is 262 g/mol. The number of carboxylic acid groups (broad SMARTS) is 1. The zero-order valence-corrected chi connectivity index (χ0v) is 9.61. The van der Waals surface area contributed by atoms with Crippen LogP contribution in [0.2, 0.25) is 0 Å². The van der Waals surface area contributed by atoms with Crippen molar-refractivity contribution in [1.82, 2.24) is 0 Å². The molecule has 0 amide bonds. The number of halogens is 3. The Morgan fingerprint density at radius 3 is 2.17 bits per heavy atom. The molecule has 100 valence electrons. The van der Waals surface area contributed by atoms with Crippen LogP contribution in [0.15, 0.2) is 24.3 Å². The van der Waals surface area contributed by atoms with Crippen molar-refractivity contribution >= 4 is 5.97 Å². The fourth-order valence-electron chi connectivity index (χ4n) is 1.47. The molecule has 0 saturated carbocycles. The summed E-state index contributed by atoms with van der Waals surface area (Å²) in [6.07, 6.45) is -6.98. The highest BCUT2D eigenvalue weighted by Crippen LogP contribution is 2.32. The van der Waals surface area contributed by atoms with E-state index in [1.54, 1.807) is 0 Å². The van der Waals surface area contributed by atoms with Gasteiger partial charge in [0, 0.05) is 0 Å². The van der Waals surface area contributed by atoms with Crippen molar-refractivity contribution in [3.8, 4) is 0 Å². The quantitative estimate of drug-likeness (QED) is 0.876. The van der Waals surface area contributed by atoms with Crippen molar-refractivity contribution in [2.45, 2.75) is 25.6 Å². The lowest BCUT2D eigenvalue weighted by atomic mass is 9.99. The summed E-state index contributed by atoms with van der Waals surface area (Å²) >= 11 is 0. The van der Waals surface area contributed by atoms with E-state index in [1.807, 2.05) is 0 Å². The van der Waals surface area contributed by atoms with Gasteiger partial charge in [0.1, 0.15) is 0 Å². The van der Waals surface area contributed by atoms with Crippen molar-refractivity contribution in [3.63, 3.8) is 0 Å². The Morgan fingerprint density at radius 1 is 1.28 bits per heavy atom. The molecule has 1 aromatic rings. The number of aliphatic carboxylic acids is 1. The zero-order chi connectivity index (χ0) is 13.9. The number of benzene rings is 1. The molecule has 1 aromatic carbocycles. The summed E-state index contributed by atoms with van der Waals surface area (Å²) in [5, 5.41) is 17.7. The Morgan fingerprint density at radius 2 is 1.78 bits per heavy atom. The van der Waals surface area contributed by atoms with Crippen LogP contribution in [0, 0.1) is 5.92 Å². The second-order valence-corrected chi connectivity index (χ2v) is 4.13. The van der Waals surface area contributed by atoms with Gasteiger partial charge in [0.05, 0.1) is 5.92 Å². The van der Waals surface area contributed by atoms with Crippen LogP contribution in [0.3, 0.4) is 0 Å². The van der Waals surface area contributed by atoms with E-state index < -0.39 is 24.2 Å². The van der Waals surface area contributed by atoms with E-state index >= 15 is 0 Å². The lowest BCUT2D eigenvalue weighted by molar-refractivity contribution is -0.206. The van der Waals surface area contributed by atoms with Gasteiger partial charge in [-0.15, -0.1) is 0 Å². The Bertz CT molecular complexity index is 412. The van der Waals surface area contributed by atoms with Gasteiger partial charge < -0.3 is 10.2 Å². The lowest BCUT2D eigenvalue weighted by Crippen LogP contribution is -2.20. The molecule has 0 radical (unpaired) electrons. The minimum Gasteiger partial charge on any atom is -0.481 e. The summed E-state index contributed by atoms with van der Waals surface area (Å²) in [6.45, 7) is 1.51. The van der Waals surface area contributed by atoms with E-state index in [2.05, 4.69) is 0 Å². The van der Waals surface area contributed by atoms with Gasteiger partial charge in [-0.3, -0.25) is 4.79 Å². The third-order valence-corrected chi connectivity index (χ3v) is 2.57. The Balaban J connectivity index is 2.77. The Hall–Kier alpha value is -1.56. The Labute approximate surface area is 102 Å². The fourth-order valence-corrected chi connectivity index (χ4v) is 1.47. The van der Waals surface area contributed by atoms with E-state index in [4.69, 9.17) is 10.2 Å². The summed E-state index contributed by atoms with van der Waals surface area (Å²) in [5.41, 5.74) is 0.359. The van der Waals surface area contributed by atoms with Crippen molar-refractivity contribution in [3.05, 3.63) is 35.4 Å². The van der Waals surface area contributed by atoms with Gasteiger partial charge in [0.15, 0.2) is 6.10 Å². The normalized spacial score (nSPS) is 15.2. The number of alkyl halides is 3. The second kappa shape index (κ2) is 5.39. The fraction of sp³-hybridized carbons (Fsp3) is 0.417. The average Bonchev–Trinajstić information content (AvgIpc) is 2.27. The molecule has 0 aromatic heterocycles. The predicted octanol–water partition coefficient (Wildman–Crippen LogP) is 2.55. The molecule has 0 spiro atoms. The van der Waals surface area contributed by atoms with Crippen LogP contribution < -0.4 is 0 Å². The van der Waals surface area contributed by atoms with Crippen LogP contribution in [-0.2, 0) is 11.2 Å². The molecule has 0 fully saturated rings. The highest BCUT2D eigenvalue weighted by atomic mass is 19.4. The van der Waals surface area contributed by atoms with Gasteiger partial charge in [0.2, 0.25) is 0 Å². The number of aliphatic hydroxyl groups excluding tert-OH is 1. The molecular weight excluding hydrogens is 249 g/mol. The van der Waals surface area contributed by atoms with E-state index in [0.29, 0.717) is 5.56 Å². The summed E-state index contributed by atoms with van der Waals surface area (Å²) in [6, 6.07) is 5.09. The largest absolute Gasteiger partial charge is 0.481 e. The first-order valence-corrected chi connectivity index (χ1v) is 5.28. The van der Waals surface area contributed by atoms with Gasteiger partial charge in [-0.1, -0.05) is 31.2 Å². The molecule has 0 aliphatic heterocycles. The maximum absolute atomic E-state index is 12.2. The highest BCUT2D eigenvalue weighted by molar-refractivity contribution is 5.69. The zero-order valence-electron chi connectivity index (χ0n) is 9.61. The minimum absolute atomic E-state index is 0.234. The molecule has 0 saturated heterocycles. The van der Waals surface area contributed by atoms with Gasteiger partial charge in [-0.2, -0.15) is 13.2 Å². The molecule has 2 atom stereocenters. The van der Waals surface area contributed by atoms with E-state index in [1.165, 1.54) is 19.1 Å². The van der Waals surface area contributed by atoms with Crippen molar-refractivity contribution in [2.75, 3.05) is 0 Å². The van der Waals surface area contributed by atoms with E-state index in [9.17, 15) is 18.0 Å². The molecule has 0 aliphatic rings. The summed E-state index contributed by atoms with van der Waals surface area (Å²) in [4.78, 5) is 10.6. The third kappa shape index (κ3) is 3.73. The standard InChI is InChI=1S/C12H13F3O3/c1-7(11(17)18)6-8-2-4-9(5-3-8)10(16)12(13,14)15/h2-5,7,10,16H,6H2,1H3,(H,17,18). The molecule has 18 heavy (non-hydrogen) atoms. The molecule has 0 heterocycles. The van der Waals surface area contributed by atoms with E-state index in [0.717, 1.165) is 12.1 Å². The predicted molar refractivity (Wildman–Crippen MR) is 58.0 cm³/mol. The van der Waals surface area contributed by atoms with Crippen LogP contribution in [0.1, 0.15) is 24.2 Å². The number of carboxylic acids is 1. The molecule has 0 bridgehead atoms. The summed E-state index contributed by atoms with van der Waals surface area (Å²) in [7, 11) is 0. The van der Waals surface area contributed by atoms with E-state index in [-0.39, 0.29) is 12.0 Å². The average molecular weight is 262 g/mol. The third-order valence-electron chi connectivity index (χ3n) is 2.57. The molecule has 6 heteroatoms. The maximum atomic E-state index is 12.2. The number of rotatable bonds is 4. The first-order valence-electron chi connectivity index (χ1n) is 5.28. The molecule has 2 unspecified atom stereocenters. The topological polar surface area (TPSA) is 57.5 Å². The number of hydrogen-bond acceptors (Lipinski definition) is 2. The van der Waals surface area contributed by atoms with Gasteiger partial charge >= 0.3 is 12.1 Å².